The first-order chi connectivity index (χ1) is 5.54. The zero-order valence-electron chi connectivity index (χ0n) is 6.32. The van der Waals surface area contributed by atoms with Gasteiger partial charge in [0.2, 0.25) is 0 Å². The molecule has 1 unspecified atom stereocenters. The second kappa shape index (κ2) is 4.28. The Morgan fingerprint density at radius 1 is 1.23 bits per heavy atom. The van der Waals surface area contributed by atoms with Gasteiger partial charge in [-0.25, -0.2) is 0 Å². The standard InChI is InChI=1S/C5H10O5S3/c6-3(7)2(5(11,12)13)1-4(8,9)10/h2,8-13H,1H2,(H,6,7). The molecule has 1 atom stereocenters. The molecular formula is C5H10O5S3. The monoisotopic (exact) mass is 246 g/mol. The number of thiol groups is 3. The molecule has 0 aromatic carbocycles. The summed E-state index contributed by atoms with van der Waals surface area (Å²) in [5, 5.41) is 34.2. The molecule has 0 aliphatic rings. The van der Waals surface area contributed by atoms with Crippen molar-refractivity contribution in [3.8, 4) is 0 Å². The van der Waals surface area contributed by atoms with Crippen molar-refractivity contribution in [3.63, 3.8) is 0 Å². The highest BCUT2D eigenvalue weighted by molar-refractivity contribution is 8.17. The molecule has 4 N–H and O–H groups in total. The van der Waals surface area contributed by atoms with E-state index in [0.717, 1.165) is 0 Å². The smallest absolute Gasteiger partial charge is 0.309 e. The zero-order valence-corrected chi connectivity index (χ0v) is 9.01. The summed E-state index contributed by atoms with van der Waals surface area (Å²) in [6.07, 6.45) is -0.834. The molecule has 0 spiro atoms. The lowest BCUT2D eigenvalue weighted by Gasteiger charge is -2.27. The molecule has 0 aliphatic heterocycles. The van der Waals surface area contributed by atoms with Gasteiger partial charge in [-0.05, 0) is 0 Å². The summed E-state index contributed by atoms with van der Waals surface area (Å²) in [5.41, 5.74) is 0. The quantitative estimate of drug-likeness (QED) is 0.259. The second-order valence-electron chi connectivity index (χ2n) is 2.56. The SMILES string of the molecule is O=C(O)C(CC(O)(O)O)C(S)(S)S. The lowest BCUT2D eigenvalue weighted by Crippen LogP contribution is -2.38. The topological polar surface area (TPSA) is 98.0 Å². The first-order valence-electron chi connectivity index (χ1n) is 3.11. The van der Waals surface area contributed by atoms with Crippen LogP contribution in [0, 0.1) is 5.92 Å². The summed E-state index contributed by atoms with van der Waals surface area (Å²) >= 11 is 11.1. The van der Waals surface area contributed by atoms with E-state index in [1.807, 2.05) is 0 Å². The van der Waals surface area contributed by atoms with Crippen molar-refractivity contribution in [2.75, 3.05) is 0 Å². The molecule has 0 radical (unpaired) electrons. The Bertz CT molecular complexity index is 193. The van der Waals surface area contributed by atoms with Gasteiger partial charge in [0.05, 0.1) is 5.92 Å². The second-order valence-corrected chi connectivity index (χ2v) is 5.73. The normalized spacial score (nSPS) is 15.5. The Hall–Kier alpha value is 0.400. The minimum atomic E-state index is -3.07. The van der Waals surface area contributed by atoms with Crippen LogP contribution in [0.3, 0.4) is 0 Å². The molecule has 0 aromatic rings. The van der Waals surface area contributed by atoms with Crippen molar-refractivity contribution in [1.29, 1.82) is 0 Å². The molecule has 78 valence electrons. The molecule has 0 saturated heterocycles. The number of rotatable bonds is 4. The summed E-state index contributed by atoms with van der Waals surface area (Å²) < 4.78 is -1.55. The Morgan fingerprint density at radius 2 is 1.62 bits per heavy atom. The lowest BCUT2D eigenvalue weighted by atomic mass is 10.1. The highest BCUT2D eigenvalue weighted by Crippen LogP contribution is 2.37. The molecule has 0 heterocycles. The average molecular weight is 246 g/mol. The minimum absolute atomic E-state index is 0.834. The predicted octanol–water partition coefficient (Wildman–Crippen LogP) is -0.849. The fourth-order valence-corrected chi connectivity index (χ4v) is 1.27. The predicted molar refractivity (Wildman–Crippen MR) is 54.8 cm³/mol. The van der Waals surface area contributed by atoms with Gasteiger partial charge in [-0.15, -0.1) is 0 Å². The fraction of sp³-hybridized carbons (Fsp3) is 0.800. The summed E-state index contributed by atoms with van der Waals surface area (Å²) in [6, 6.07) is 0. The van der Waals surface area contributed by atoms with E-state index in [2.05, 4.69) is 37.9 Å². The molecule has 0 amide bonds. The van der Waals surface area contributed by atoms with Gasteiger partial charge in [0.25, 0.3) is 5.97 Å². The maximum absolute atomic E-state index is 10.5. The molecule has 0 saturated carbocycles. The van der Waals surface area contributed by atoms with E-state index in [4.69, 9.17) is 20.4 Å². The van der Waals surface area contributed by atoms with Crippen LogP contribution in [0.1, 0.15) is 6.42 Å². The number of aliphatic hydroxyl groups is 3. The van der Waals surface area contributed by atoms with Crippen molar-refractivity contribution in [2.45, 2.75) is 15.8 Å². The molecule has 8 heteroatoms. The first-order valence-corrected chi connectivity index (χ1v) is 4.45. The van der Waals surface area contributed by atoms with Crippen molar-refractivity contribution in [3.05, 3.63) is 0 Å². The Labute approximate surface area is 91.0 Å². The van der Waals surface area contributed by atoms with Crippen molar-refractivity contribution < 1.29 is 25.2 Å². The van der Waals surface area contributed by atoms with E-state index in [1.165, 1.54) is 0 Å². The first kappa shape index (κ1) is 13.4. The van der Waals surface area contributed by atoms with Crippen LogP contribution in [0.5, 0.6) is 0 Å². The van der Waals surface area contributed by atoms with Crippen LogP contribution in [0.4, 0.5) is 0 Å². The highest BCUT2D eigenvalue weighted by atomic mass is 32.2. The summed E-state index contributed by atoms with van der Waals surface area (Å²) in [7, 11) is 0. The van der Waals surface area contributed by atoms with E-state index in [9.17, 15) is 4.79 Å². The number of carboxylic acid groups (broad SMARTS) is 1. The summed E-state index contributed by atoms with van der Waals surface area (Å²) in [6.45, 7) is 0. The van der Waals surface area contributed by atoms with Gasteiger partial charge in [-0.3, -0.25) is 4.79 Å². The number of carbonyl (C=O) groups is 1. The molecule has 5 nitrogen and oxygen atoms in total. The Balaban J connectivity index is 4.56. The third-order valence-corrected chi connectivity index (χ3v) is 2.18. The van der Waals surface area contributed by atoms with Gasteiger partial charge >= 0.3 is 5.97 Å². The van der Waals surface area contributed by atoms with E-state index in [-0.39, 0.29) is 0 Å². The number of carboxylic acids is 1. The summed E-state index contributed by atoms with van der Waals surface area (Å²) in [4.78, 5) is 10.5. The van der Waals surface area contributed by atoms with Crippen LogP contribution >= 0.6 is 37.9 Å². The molecule has 0 fully saturated rings. The van der Waals surface area contributed by atoms with Crippen LogP contribution in [-0.4, -0.2) is 35.8 Å². The number of aliphatic carboxylic acids is 1. The van der Waals surface area contributed by atoms with E-state index in [1.54, 1.807) is 0 Å². The van der Waals surface area contributed by atoms with Crippen LogP contribution in [-0.2, 0) is 4.79 Å². The molecule has 0 aliphatic carbocycles. The summed E-state index contributed by atoms with van der Waals surface area (Å²) in [5.74, 6) is -5.87. The van der Waals surface area contributed by atoms with E-state index in [0.29, 0.717) is 0 Å². The van der Waals surface area contributed by atoms with Crippen molar-refractivity contribution in [1.82, 2.24) is 0 Å². The lowest BCUT2D eigenvalue weighted by molar-refractivity contribution is -0.319. The molecular weight excluding hydrogens is 236 g/mol. The Morgan fingerprint density at radius 3 is 1.69 bits per heavy atom. The zero-order chi connectivity index (χ0) is 10.9. The molecule has 0 bridgehead atoms. The third kappa shape index (κ3) is 5.66. The number of hydrogen-bond donors (Lipinski definition) is 7. The van der Waals surface area contributed by atoms with Gasteiger partial charge in [0.1, 0.15) is 3.41 Å². The van der Waals surface area contributed by atoms with E-state index >= 15 is 0 Å². The molecule has 0 rings (SSSR count). The van der Waals surface area contributed by atoms with Gasteiger partial charge < -0.3 is 20.4 Å². The van der Waals surface area contributed by atoms with Crippen LogP contribution < -0.4 is 0 Å². The van der Waals surface area contributed by atoms with Gasteiger partial charge in [-0.1, -0.05) is 0 Å². The van der Waals surface area contributed by atoms with Crippen molar-refractivity contribution in [2.24, 2.45) is 5.92 Å². The Kier molecular flexibility index (Phi) is 4.41. The highest BCUT2D eigenvalue weighted by Gasteiger charge is 2.40. The maximum atomic E-state index is 10.5. The number of hydrogen-bond acceptors (Lipinski definition) is 7. The van der Waals surface area contributed by atoms with Crippen LogP contribution in [0.2, 0.25) is 0 Å². The van der Waals surface area contributed by atoms with E-state index < -0.39 is 27.7 Å². The average Bonchev–Trinajstić information content (AvgIpc) is 1.77. The largest absolute Gasteiger partial charge is 0.481 e. The molecule has 0 aromatic heterocycles. The fourth-order valence-electron chi connectivity index (χ4n) is 0.664. The van der Waals surface area contributed by atoms with Crippen LogP contribution in [0.25, 0.3) is 0 Å². The molecule has 13 heavy (non-hydrogen) atoms. The van der Waals surface area contributed by atoms with Gasteiger partial charge in [0, 0.05) is 6.42 Å². The third-order valence-electron chi connectivity index (χ3n) is 1.24. The minimum Gasteiger partial charge on any atom is -0.481 e. The van der Waals surface area contributed by atoms with Crippen molar-refractivity contribution >= 4 is 43.9 Å². The maximum Gasteiger partial charge on any atom is 0.309 e. The van der Waals surface area contributed by atoms with Gasteiger partial charge in [0.15, 0.2) is 0 Å². The van der Waals surface area contributed by atoms with Crippen LogP contribution in [0.15, 0.2) is 0 Å². The van der Waals surface area contributed by atoms with Gasteiger partial charge in [-0.2, -0.15) is 37.9 Å².